The van der Waals surface area contributed by atoms with Crippen LogP contribution in [0.4, 0.5) is 4.39 Å². The molecule has 0 radical (unpaired) electrons. The number of hydrogen-bond donors (Lipinski definition) is 0. The maximum atomic E-state index is 13.6. The van der Waals surface area contributed by atoms with Crippen LogP contribution < -0.4 is 9.47 Å². The molecule has 1 aliphatic heterocycles. The normalized spacial score (nSPS) is 15.9. The molecule has 0 spiro atoms. The molecule has 0 bridgehead atoms. The Hall–Kier alpha value is -2.36. The second kappa shape index (κ2) is 5.44. The molecule has 4 heteroatoms. The zero-order chi connectivity index (χ0) is 15.7. The SMILES string of the molecule is CC1(C)CC(=O)c2ccc(OCc3ccccc3F)cc2O1. The third-order valence-corrected chi connectivity index (χ3v) is 3.58. The number of benzene rings is 2. The van der Waals surface area contributed by atoms with E-state index >= 15 is 0 Å². The van der Waals surface area contributed by atoms with Crippen LogP contribution in [0.1, 0.15) is 36.2 Å². The molecular weight excluding hydrogens is 283 g/mol. The predicted molar refractivity (Wildman–Crippen MR) is 80.8 cm³/mol. The minimum atomic E-state index is -0.520. The summed E-state index contributed by atoms with van der Waals surface area (Å²) in [6.45, 7) is 3.88. The van der Waals surface area contributed by atoms with Crippen molar-refractivity contribution in [2.45, 2.75) is 32.5 Å². The maximum Gasteiger partial charge on any atom is 0.170 e. The number of hydrogen-bond acceptors (Lipinski definition) is 3. The highest BCUT2D eigenvalue weighted by Crippen LogP contribution is 2.35. The van der Waals surface area contributed by atoms with Gasteiger partial charge in [-0.15, -0.1) is 0 Å². The molecular formula is C18H17FO3. The predicted octanol–water partition coefficient (Wildman–Crippen LogP) is 4.15. The standard InChI is InChI=1S/C18H17FO3/c1-18(2)10-16(20)14-8-7-13(9-17(14)22-18)21-11-12-5-3-4-6-15(12)19/h3-9H,10-11H2,1-2H3. The van der Waals surface area contributed by atoms with Gasteiger partial charge in [0.15, 0.2) is 5.78 Å². The Morgan fingerprint density at radius 3 is 2.77 bits per heavy atom. The molecule has 1 aliphatic rings. The topological polar surface area (TPSA) is 35.5 Å². The lowest BCUT2D eigenvalue weighted by Crippen LogP contribution is -2.35. The van der Waals surface area contributed by atoms with Crippen LogP contribution in [0.5, 0.6) is 11.5 Å². The van der Waals surface area contributed by atoms with E-state index in [2.05, 4.69) is 0 Å². The van der Waals surface area contributed by atoms with Crippen LogP contribution in [-0.2, 0) is 6.61 Å². The lowest BCUT2D eigenvalue weighted by molar-refractivity contribution is 0.0618. The molecule has 0 N–H and O–H groups in total. The van der Waals surface area contributed by atoms with Gasteiger partial charge in [0, 0.05) is 11.6 Å². The Bertz CT molecular complexity index is 722. The Balaban J connectivity index is 1.79. The Kier molecular flexibility index (Phi) is 3.61. The van der Waals surface area contributed by atoms with Gasteiger partial charge < -0.3 is 9.47 Å². The van der Waals surface area contributed by atoms with Crippen LogP contribution in [0.2, 0.25) is 0 Å². The van der Waals surface area contributed by atoms with Crippen molar-refractivity contribution < 1.29 is 18.7 Å². The van der Waals surface area contributed by atoms with Gasteiger partial charge in [0.1, 0.15) is 29.5 Å². The zero-order valence-corrected chi connectivity index (χ0v) is 12.6. The summed E-state index contributed by atoms with van der Waals surface area (Å²) in [6, 6.07) is 11.6. The lowest BCUT2D eigenvalue weighted by atomic mass is 9.93. The first kappa shape index (κ1) is 14.6. The van der Waals surface area contributed by atoms with Gasteiger partial charge in [0.25, 0.3) is 0 Å². The average Bonchev–Trinajstić information content (AvgIpc) is 2.44. The van der Waals surface area contributed by atoms with Crippen molar-refractivity contribution in [3.05, 3.63) is 59.4 Å². The van der Waals surface area contributed by atoms with Crippen LogP contribution in [0.15, 0.2) is 42.5 Å². The molecule has 0 atom stereocenters. The fourth-order valence-electron chi connectivity index (χ4n) is 2.50. The van der Waals surface area contributed by atoms with Crippen molar-refractivity contribution in [2.24, 2.45) is 0 Å². The molecule has 0 amide bonds. The molecule has 2 aromatic rings. The highest BCUT2D eigenvalue weighted by atomic mass is 19.1. The molecule has 3 rings (SSSR count). The molecule has 3 nitrogen and oxygen atoms in total. The highest BCUT2D eigenvalue weighted by Gasteiger charge is 2.32. The largest absolute Gasteiger partial charge is 0.489 e. The van der Waals surface area contributed by atoms with E-state index in [-0.39, 0.29) is 18.2 Å². The quantitative estimate of drug-likeness (QED) is 0.854. The Morgan fingerprint density at radius 1 is 1.23 bits per heavy atom. The average molecular weight is 300 g/mol. The highest BCUT2D eigenvalue weighted by molar-refractivity contribution is 6.00. The van der Waals surface area contributed by atoms with E-state index in [1.54, 1.807) is 36.4 Å². The smallest absolute Gasteiger partial charge is 0.170 e. The number of rotatable bonds is 3. The van der Waals surface area contributed by atoms with Crippen LogP contribution in [-0.4, -0.2) is 11.4 Å². The second-order valence-electron chi connectivity index (χ2n) is 6.00. The fraction of sp³-hybridized carbons (Fsp3) is 0.278. The number of Topliss-reactive ketones (excluding diaryl/α,β-unsaturated/α-hetero) is 1. The summed E-state index contributed by atoms with van der Waals surface area (Å²) in [4.78, 5) is 12.1. The number of halogens is 1. The lowest BCUT2D eigenvalue weighted by Gasteiger charge is -2.31. The molecule has 0 aromatic heterocycles. The molecule has 0 fully saturated rings. The van der Waals surface area contributed by atoms with Crippen molar-refractivity contribution in [3.63, 3.8) is 0 Å². The number of carbonyl (C=O) groups excluding carboxylic acids is 1. The first-order valence-electron chi connectivity index (χ1n) is 7.17. The van der Waals surface area contributed by atoms with Crippen LogP contribution in [0.3, 0.4) is 0 Å². The van der Waals surface area contributed by atoms with Gasteiger partial charge in [0.05, 0.1) is 12.0 Å². The van der Waals surface area contributed by atoms with Gasteiger partial charge in [-0.05, 0) is 32.0 Å². The number of ketones is 1. The second-order valence-corrected chi connectivity index (χ2v) is 6.00. The van der Waals surface area contributed by atoms with E-state index in [9.17, 15) is 9.18 Å². The van der Waals surface area contributed by atoms with E-state index in [1.165, 1.54) is 6.07 Å². The van der Waals surface area contributed by atoms with Crippen molar-refractivity contribution in [2.75, 3.05) is 0 Å². The van der Waals surface area contributed by atoms with Gasteiger partial charge >= 0.3 is 0 Å². The van der Waals surface area contributed by atoms with E-state index in [0.717, 1.165) is 0 Å². The summed E-state index contributed by atoms with van der Waals surface area (Å²) < 4.78 is 25.0. The van der Waals surface area contributed by atoms with Gasteiger partial charge in [-0.1, -0.05) is 18.2 Å². The first-order chi connectivity index (χ1) is 10.4. The van der Waals surface area contributed by atoms with E-state index in [4.69, 9.17) is 9.47 Å². The molecule has 1 heterocycles. The summed E-state index contributed by atoms with van der Waals surface area (Å²) >= 11 is 0. The van der Waals surface area contributed by atoms with Crippen LogP contribution in [0, 0.1) is 5.82 Å². The molecule has 2 aromatic carbocycles. The van der Waals surface area contributed by atoms with Gasteiger partial charge in [-0.2, -0.15) is 0 Å². The van der Waals surface area contributed by atoms with Crippen molar-refractivity contribution in [3.8, 4) is 11.5 Å². The molecule has 22 heavy (non-hydrogen) atoms. The Morgan fingerprint density at radius 2 is 2.00 bits per heavy atom. The van der Waals surface area contributed by atoms with Gasteiger partial charge in [-0.25, -0.2) is 4.39 Å². The van der Waals surface area contributed by atoms with Crippen LogP contribution >= 0.6 is 0 Å². The molecule has 114 valence electrons. The third kappa shape index (κ3) is 2.96. The zero-order valence-electron chi connectivity index (χ0n) is 12.6. The minimum Gasteiger partial charge on any atom is -0.489 e. The van der Waals surface area contributed by atoms with Crippen LogP contribution in [0.25, 0.3) is 0 Å². The van der Waals surface area contributed by atoms with Crippen molar-refractivity contribution in [1.29, 1.82) is 0 Å². The number of carbonyl (C=O) groups is 1. The maximum absolute atomic E-state index is 13.6. The molecule has 0 unspecified atom stereocenters. The Labute approximate surface area is 128 Å². The molecule has 0 aliphatic carbocycles. The molecule has 0 saturated carbocycles. The summed E-state index contributed by atoms with van der Waals surface area (Å²) in [5.74, 6) is 0.833. The first-order valence-corrected chi connectivity index (χ1v) is 7.17. The summed E-state index contributed by atoms with van der Waals surface area (Å²) in [5.41, 5.74) is 0.531. The minimum absolute atomic E-state index is 0.0619. The molecule has 0 saturated heterocycles. The van der Waals surface area contributed by atoms with Gasteiger partial charge in [0.2, 0.25) is 0 Å². The van der Waals surface area contributed by atoms with E-state index in [0.29, 0.717) is 29.0 Å². The summed E-state index contributed by atoms with van der Waals surface area (Å²) in [7, 11) is 0. The van der Waals surface area contributed by atoms with E-state index in [1.807, 2.05) is 13.8 Å². The fourth-order valence-corrected chi connectivity index (χ4v) is 2.50. The summed E-state index contributed by atoms with van der Waals surface area (Å²) in [5, 5.41) is 0. The summed E-state index contributed by atoms with van der Waals surface area (Å²) in [6.07, 6.45) is 0.357. The number of ether oxygens (including phenoxy) is 2. The third-order valence-electron chi connectivity index (χ3n) is 3.58. The number of fused-ring (bicyclic) bond motifs is 1. The van der Waals surface area contributed by atoms with Gasteiger partial charge in [-0.3, -0.25) is 4.79 Å². The van der Waals surface area contributed by atoms with Crippen molar-refractivity contribution in [1.82, 2.24) is 0 Å². The van der Waals surface area contributed by atoms with E-state index < -0.39 is 5.60 Å². The monoisotopic (exact) mass is 300 g/mol. The van der Waals surface area contributed by atoms with Crippen molar-refractivity contribution >= 4 is 5.78 Å².